The van der Waals surface area contributed by atoms with Gasteiger partial charge in [0.25, 0.3) is 0 Å². The molecule has 0 amide bonds. The van der Waals surface area contributed by atoms with Gasteiger partial charge in [0.2, 0.25) is 0 Å². The van der Waals surface area contributed by atoms with Crippen LogP contribution in [-0.2, 0) is 0 Å². The Hall–Kier alpha value is -5.90. The Morgan fingerprint density at radius 2 is 1.15 bits per heavy atom. The molecular weight excluding hydrogens is 591 g/mol. The van der Waals surface area contributed by atoms with Crippen LogP contribution in [0.5, 0.6) is 0 Å². The Balaban J connectivity index is 1.23. The molecule has 0 atom stereocenters. The van der Waals surface area contributed by atoms with E-state index >= 15 is 0 Å². The van der Waals surface area contributed by atoms with Crippen molar-refractivity contribution < 1.29 is 4.42 Å². The van der Waals surface area contributed by atoms with Crippen molar-refractivity contribution in [2.45, 2.75) is 0 Å². The number of benzene rings is 8. The van der Waals surface area contributed by atoms with Gasteiger partial charge in [0.05, 0.1) is 10.4 Å². The number of fused-ring (bicyclic) bond motifs is 10. The summed E-state index contributed by atoms with van der Waals surface area (Å²) in [6.07, 6.45) is 0. The van der Waals surface area contributed by atoms with Gasteiger partial charge in [-0.1, -0.05) is 115 Å². The fourth-order valence-electron chi connectivity index (χ4n) is 7.24. The number of nitrogens with zero attached hydrogens (tertiary/aromatic N) is 1. The molecule has 0 bridgehead atoms. The summed E-state index contributed by atoms with van der Waals surface area (Å²) in [6.45, 7) is 0. The Morgan fingerprint density at radius 3 is 2.06 bits per heavy atom. The minimum Gasteiger partial charge on any atom is -0.455 e. The van der Waals surface area contributed by atoms with Gasteiger partial charge in [-0.3, -0.25) is 0 Å². The van der Waals surface area contributed by atoms with Crippen molar-refractivity contribution in [3.63, 3.8) is 0 Å². The highest BCUT2D eigenvalue weighted by atomic mass is 32.1. The summed E-state index contributed by atoms with van der Waals surface area (Å²) >= 11 is 1.83. The van der Waals surface area contributed by atoms with Crippen molar-refractivity contribution in [3.05, 3.63) is 164 Å². The first-order valence-electron chi connectivity index (χ1n) is 15.9. The maximum absolute atomic E-state index is 6.61. The summed E-state index contributed by atoms with van der Waals surface area (Å²) in [4.78, 5) is 2.41. The summed E-state index contributed by atoms with van der Waals surface area (Å²) in [5.74, 6) is 0. The van der Waals surface area contributed by atoms with Crippen LogP contribution in [-0.4, -0.2) is 0 Å². The summed E-state index contributed by atoms with van der Waals surface area (Å²) in [5.41, 5.74) is 7.61. The number of thiophene rings is 1. The SMILES string of the molecule is c1ccc(N(c2cccc(-c3ccc4c(ccc5ccccc54)c3)c2)c2cc3c4ccccc4oc3c3c2sc2ccccc23)cc1. The monoisotopic (exact) mass is 617 g/mol. The van der Waals surface area contributed by atoms with E-state index in [1.807, 2.05) is 17.4 Å². The van der Waals surface area contributed by atoms with Gasteiger partial charge in [-0.05, 0) is 81.2 Å². The molecule has 0 N–H and O–H groups in total. The van der Waals surface area contributed by atoms with Crippen molar-refractivity contribution in [2.24, 2.45) is 0 Å². The minimum absolute atomic E-state index is 0.911. The predicted octanol–water partition coefficient (Wildman–Crippen LogP) is 13.4. The van der Waals surface area contributed by atoms with Gasteiger partial charge in [0.1, 0.15) is 11.2 Å². The minimum atomic E-state index is 0.911. The van der Waals surface area contributed by atoms with Crippen LogP contribution >= 0.6 is 11.3 Å². The molecule has 0 saturated heterocycles. The highest BCUT2D eigenvalue weighted by Crippen LogP contribution is 2.50. The molecule has 3 heteroatoms. The van der Waals surface area contributed by atoms with Gasteiger partial charge in [0, 0.05) is 37.6 Å². The summed E-state index contributed by atoms with van der Waals surface area (Å²) in [7, 11) is 0. The largest absolute Gasteiger partial charge is 0.455 e. The van der Waals surface area contributed by atoms with Gasteiger partial charge in [-0.25, -0.2) is 0 Å². The first-order chi connectivity index (χ1) is 23.3. The van der Waals surface area contributed by atoms with Crippen molar-refractivity contribution in [2.75, 3.05) is 4.90 Å². The zero-order valence-electron chi connectivity index (χ0n) is 25.4. The van der Waals surface area contributed by atoms with Crippen molar-refractivity contribution in [1.29, 1.82) is 0 Å². The van der Waals surface area contributed by atoms with Crippen LogP contribution < -0.4 is 4.90 Å². The average molecular weight is 618 g/mol. The predicted molar refractivity (Wildman–Crippen MR) is 202 cm³/mol. The van der Waals surface area contributed by atoms with Crippen molar-refractivity contribution in [1.82, 2.24) is 0 Å². The third kappa shape index (κ3) is 4.10. The van der Waals surface area contributed by atoms with Crippen LogP contribution in [0.1, 0.15) is 0 Å². The van der Waals surface area contributed by atoms with Crippen LogP contribution in [0.4, 0.5) is 17.1 Å². The summed E-state index contributed by atoms with van der Waals surface area (Å²) in [5, 5.41) is 9.74. The highest BCUT2D eigenvalue weighted by Gasteiger charge is 2.23. The molecule has 47 heavy (non-hydrogen) atoms. The number of hydrogen-bond acceptors (Lipinski definition) is 3. The normalized spacial score (nSPS) is 11.8. The number of anilines is 3. The van der Waals surface area contributed by atoms with Gasteiger partial charge in [-0.15, -0.1) is 11.3 Å². The second-order valence-electron chi connectivity index (χ2n) is 12.1. The van der Waals surface area contributed by atoms with E-state index in [1.54, 1.807) is 0 Å². The Kier molecular flexibility index (Phi) is 5.78. The first-order valence-corrected chi connectivity index (χ1v) is 16.7. The number of furan rings is 1. The van der Waals surface area contributed by atoms with Crippen LogP contribution in [0.2, 0.25) is 0 Å². The fourth-order valence-corrected chi connectivity index (χ4v) is 8.44. The molecule has 2 heterocycles. The third-order valence-corrected chi connectivity index (χ3v) is 10.6. The maximum Gasteiger partial charge on any atom is 0.144 e. The quantitative estimate of drug-likeness (QED) is 0.183. The smallest absolute Gasteiger partial charge is 0.144 e. The van der Waals surface area contributed by atoms with Gasteiger partial charge in [0.15, 0.2) is 0 Å². The van der Waals surface area contributed by atoms with Crippen LogP contribution in [0.25, 0.3) is 74.8 Å². The lowest BCUT2D eigenvalue weighted by molar-refractivity contribution is 0.673. The van der Waals surface area contributed by atoms with E-state index in [0.717, 1.165) is 39.0 Å². The molecule has 220 valence electrons. The zero-order chi connectivity index (χ0) is 30.9. The Bertz CT molecular complexity index is 2810. The van der Waals surface area contributed by atoms with E-state index in [4.69, 9.17) is 4.42 Å². The summed E-state index contributed by atoms with van der Waals surface area (Å²) in [6, 6.07) is 59.0. The van der Waals surface area contributed by atoms with E-state index in [2.05, 4.69) is 163 Å². The Morgan fingerprint density at radius 1 is 0.447 bits per heavy atom. The standard InChI is InChI=1S/C44H27NOS/c1-2-13-32(14-3-1)45(33-15-10-12-29(26-33)30-23-24-35-31(25-30)22-21-28-11-4-5-16-34(28)35)39-27-38-36-17-6-8-19-40(36)46-43(38)42-37-18-7-9-20-41(37)47-44(39)42/h1-27H. The molecule has 10 rings (SSSR count). The Labute approximate surface area is 275 Å². The van der Waals surface area contributed by atoms with E-state index in [1.165, 1.54) is 52.8 Å². The second kappa shape index (κ2) is 10.3. The molecule has 0 saturated carbocycles. The van der Waals surface area contributed by atoms with Crippen LogP contribution in [0, 0.1) is 0 Å². The molecule has 0 fully saturated rings. The molecule has 2 nitrogen and oxygen atoms in total. The molecule has 0 aliphatic carbocycles. The molecular formula is C44H27NOS. The molecule has 0 spiro atoms. The fraction of sp³-hybridized carbons (Fsp3) is 0. The molecule has 0 radical (unpaired) electrons. The van der Waals surface area contributed by atoms with Gasteiger partial charge >= 0.3 is 0 Å². The highest BCUT2D eigenvalue weighted by molar-refractivity contribution is 7.26. The lowest BCUT2D eigenvalue weighted by atomic mass is 9.97. The summed E-state index contributed by atoms with van der Waals surface area (Å²) < 4.78 is 9.07. The van der Waals surface area contributed by atoms with Crippen molar-refractivity contribution in [3.8, 4) is 11.1 Å². The number of para-hydroxylation sites is 2. The molecule has 0 aliphatic rings. The maximum atomic E-state index is 6.61. The van der Waals surface area contributed by atoms with Gasteiger partial charge < -0.3 is 9.32 Å². The average Bonchev–Trinajstić information content (AvgIpc) is 3.71. The lowest BCUT2D eigenvalue weighted by Gasteiger charge is -2.26. The topological polar surface area (TPSA) is 16.4 Å². The van der Waals surface area contributed by atoms with E-state index in [-0.39, 0.29) is 0 Å². The molecule has 2 aromatic heterocycles. The molecule has 8 aromatic carbocycles. The van der Waals surface area contributed by atoms with Crippen LogP contribution in [0.3, 0.4) is 0 Å². The first kappa shape index (κ1) is 26.3. The zero-order valence-corrected chi connectivity index (χ0v) is 26.2. The van der Waals surface area contributed by atoms with E-state index < -0.39 is 0 Å². The third-order valence-electron chi connectivity index (χ3n) is 9.41. The van der Waals surface area contributed by atoms with E-state index in [0.29, 0.717) is 0 Å². The van der Waals surface area contributed by atoms with E-state index in [9.17, 15) is 0 Å². The van der Waals surface area contributed by atoms with Crippen molar-refractivity contribution >= 4 is 92.1 Å². The second-order valence-corrected chi connectivity index (χ2v) is 13.2. The number of hydrogen-bond donors (Lipinski definition) is 0. The molecule has 0 unspecified atom stereocenters. The molecule has 0 aliphatic heterocycles. The lowest BCUT2D eigenvalue weighted by Crippen LogP contribution is -2.10. The number of rotatable bonds is 4. The molecule has 10 aromatic rings. The van der Waals surface area contributed by atoms with Crippen LogP contribution in [0.15, 0.2) is 168 Å². The van der Waals surface area contributed by atoms with Gasteiger partial charge in [-0.2, -0.15) is 0 Å².